The second-order valence-corrected chi connectivity index (χ2v) is 5.63. The molecule has 2 atom stereocenters. The highest BCUT2D eigenvalue weighted by Gasteiger charge is 2.19. The Kier molecular flexibility index (Phi) is 4.85. The van der Waals surface area contributed by atoms with Crippen molar-refractivity contribution in [1.29, 1.82) is 0 Å². The van der Waals surface area contributed by atoms with E-state index >= 15 is 0 Å². The average Bonchev–Trinajstić information content (AvgIpc) is 2.94. The van der Waals surface area contributed by atoms with Gasteiger partial charge in [-0.05, 0) is 25.1 Å². The Morgan fingerprint density at radius 2 is 2.33 bits per heavy atom. The first-order valence-corrected chi connectivity index (χ1v) is 7.70. The molecule has 0 amide bonds. The number of ether oxygens (including phenoxy) is 1. The van der Waals surface area contributed by atoms with Crippen LogP contribution in [0.15, 0.2) is 29.3 Å². The van der Waals surface area contributed by atoms with Gasteiger partial charge in [0.25, 0.3) is 0 Å². The normalized spacial score (nSPS) is 22.9. The van der Waals surface area contributed by atoms with Gasteiger partial charge in [0.1, 0.15) is 12.4 Å². The number of aliphatic hydroxyl groups excluding tert-OH is 1. The Bertz CT molecular complexity index is 498. The standard InChI is InChI=1S/C16H23N3O2/c20-13(11-19-12-5-6-17-10-12)9-15-14-3-1-2-4-16(14)21-8-7-18-15/h1-4,12-13,17,19-20H,5-11H2. The Morgan fingerprint density at radius 3 is 3.19 bits per heavy atom. The fraction of sp³-hybridized carbons (Fsp3) is 0.562. The summed E-state index contributed by atoms with van der Waals surface area (Å²) in [6.07, 6.45) is 1.27. The summed E-state index contributed by atoms with van der Waals surface area (Å²) in [5.41, 5.74) is 1.96. The minimum absolute atomic E-state index is 0.421. The topological polar surface area (TPSA) is 65.9 Å². The van der Waals surface area contributed by atoms with Crippen LogP contribution < -0.4 is 15.4 Å². The van der Waals surface area contributed by atoms with Crippen LogP contribution in [-0.2, 0) is 0 Å². The molecule has 2 unspecified atom stereocenters. The van der Waals surface area contributed by atoms with E-state index < -0.39 is 6.10 Å². The summed E-state index contributed by atoms with van der Waals surface area (Å²) in [6.45, 7) is 3.91. The van der Waals surface area contributed by atoms with E-state index in [1.807, 2.05) is 24.3 Å². The van der Waals surface area contributed by atoms with Crippen molar-refractivity contribution in [3.05, 3.63) is 29.8 Å². The molecule has 1 saturated heterocycles. The number of benzene rings is 1. The quantitative estimate of drug-likeness (QED) is 0.741. The molecular formula is C16H23N3O2. The van der Waals surface area contributed by atoms with Crippen molar-refractivity contribution in [2.24, 2.45) is 4.99 Å². The lowest BCUT2D eigenvalue weighted by Gasteiger charge is -2.17. The zero-order valence-electron chi connectivity index (χ0n) is 12.2. The molecule has 1 fully saturated rings. The van der Waals surface area contributed by atoms with Crippen LogP contribution >= 0.6 is 0 Å². The molecule has 1 aromatic rings. The molecule has 1 aromatic carbocycles. The molecule has 0 radical (unpaired) electrons. The van der Waals surface area contributed by atoms with E-state index in [4.69, 9.17) is 4.74 Å². The number of aliphatic imine (C=N–C) groups is 1. The molecule has 21 heavy (non-hydrogen) atoms. The van der Waals surface area contributed by atoms with Crippen LogP contribution in [0.2, 0.25) is 0 Å². The summed E-state index contributed by atoms with van der Waals surface area (Å²) < 4.78 is 5.68. The van der Waals surface area contributed by atoms with Crippen molar-refractivity contribution >= 4 is 5.71 Å². The molecule has 5 heteroatoms. The minimum atomic E-state index is -0.421. The van der Waals surface area contributed by atoms with Crippen LogP contribution in [0.25, 0.3) is 0 Å². The number of fused-ring (bicyclic) bond motifs is 1. The number of aliphatic hydroxyl groups is 1. The Hall–Kier alpha value is -1.43. The van der Waals surface area contributed by atoms with E-state index in [0.717, 1.165) is 36.5 Å². The van der Waals surface area contributed by atoms with Gasteiger partial charge in [-0.2, -0.15) is 0 Å². The first-order valence-electron chi connectivity index (χ1n) is 7.70. The molecule has 2 heterocycles. The van der Waals surface area contributed by atoms with E-state index in [1.165, 1.54) is 0 Å². The van der Waals surface area contributed by atoms with Gasteiger partial charge in [-0.3, -0.25) is 4.99 Å². The third-order valence-electron chi connectivity index (χ3n) is 3.98. The van der Waals surface area contributed by atoms with Crippen LogP contribution in [0.1, 0.15) is 18.4 Å². The Balaban J connectivity index is 1.59. The van der Waals surface area contributed by atoms with Gasteiger partial charge in [-0.25, -0.2) is 0 Å². The van der Waals surface area contributed by atoms with Crippen molar-refractivity contribution in [2.45, 2.75) is 25.0 Å². The number of nitrogens with zero attached hydrogens (tertiary/aromatic N) is 1. The maximum absolute atomic E-state index is 10.3. The van der Waals surface area contributed by atoms with Gasteiger partial charge in [0.15, 0.2) is 0 Å². The molecule has 114 valence electrons. The fourth-order valence-electron chi connectivity index (χ4n) is 2.85. The molecule has 0 bridgehead atoms. The number of rotatable bonds is 5. The first-order chi connectivity index (χ1) is 10.3. The molecule has 3 rings (SSSR count). The molecule has 3 N–H and O–H groups in total. The van der Waals surface area contributed by atoms with Crippen molar-refractivity contribution in [3.8, 4) is 5.75 Å². The van der Waals surface area contributed by atoms with Crippen LogP contribution in [0.3, 0.4) is 0 Å². The van der Waals surface area contributed by atoms with Gasteiger partial charge in [0, 0.05) is 36.8 Å². The van der Waals surface area contributed by atoms with E-state index in [2.05, 4.69) is 15.6 Å². The zero-order valence-corrected chi connectivity index (χ0v) is 12.2. The monoisotopic (exact) mass is 289 g/mol. The summed E-state index contributed by atoms with van der Waals surface area (Å²) in [6, 6.07) is 8.40. The van der Waals surface area contributed by atoms with Gasteiger partial charge in [-0.15, -0.1) is 0 Å². The van der Waals surface area contributed by atoms with Crippen LogP contribution in [0, 0.1) is 0 Å². The molecule has 2 aliphatic rings. The maximum atomic E-state index is 10.3. The van der Waals surface area contributed by atoms with Gasteiger partial charge in [0.2, 0.25) is 0 Å². The zero-order chi connectivity index (χ0) is 14.5. The number of para-hydroxylation sites is 1. The summed E-state index contributed by atoms with van der Waals surface area (Å²) in [5, 5.41) is 17.0. The number of hydrogen-bond acceptors (Lipinski definition) is 5. The number of nitrogens with one attached hydrogen (secondary N) is 2. The fourth-order valence-corrected chi connectivity index (χ4v) is 2.85. The van der Waals surface area contributed by atoms with Crippen molar-refractivity contribution in [3.63, 3.8) is 0 Å². The van der Waals surface area contributed by atoms with Crippen molar-refractivity contribution in [1.82, 2.24) is 10.6 Å². The molecule has 0 spiro atoms. The Labute approximate surface area is 125 Å². The highest BCUT2D eigenvalue weighted by atomic mass is 16.5. The minimum Gasteiger partial charge on any atom is -0.491 e. The predicted octanol–water partition coefficient (Wildman–Crippen LogP) is 0.571. The molecule has 0 aromatic heterocycles. The van der Waals surface area contributed by atoms with E-state index in [1.54, 1.807) is 0 Å². The van der Waals surface area contributed by atoms with Gasteiger partial charge in [-0.1, -0.05) is 12.1 Å². The van der Waals surface area contributed by atoms with E-state index in [0.29, 0.717) is 32.2 Å². The van der Waals surface area contributed by atoms with Gasteiger partial charge < -0.3 is 20.5 Å². The third kappa shape index (κ3) is 3.81. The summed E-state index contributed by atoms with van der Waals surface area (Å²) >= 11 is 0. The lowest BCUT2D eigenvalue weighted by molar-refractivity contribution is 0.175. The number of hydrogen-bond donors (Lipinski definition) is 3. The van der Waals surface area contributed by atoms with Crippen LogP contribution in [0.5, 0.6) is 5.75 Å². The molecular weight excluding hydrogens is 266 g/mol. The summed E-state index contributed by atoms with van der Waals surface area (Å²) in [7, 11) is 0. The lowest BCUT2D eigenvalue weighted by atomic mass is 10.0. The smallest absolute Gasteiger partial charge is 0.128 e. The lowest BCUT2D eigenvalue weighted by Crippen LogP contribution is -2.37. The predicted molar refractivity (Wildman–Crippen MR) is 83.2 cm³/mol. The molecule has 5 nitrogen and oxygen atoms in total. The second-order valence-electron chi connectivity index (χ2n) is 5.63. The summed E-state index contributed by atoms with van der Waals surface area (Å²) in [4.78, 5) is 4.58. The molecule has 0 saturated carbocycles. The van der Waals surface area contributed by atoms with E-state index in [9.17, 15) is 5.11 Å². The highest BCUT2D eigenvalue weighted by Crippen LogP contribution is 2.22. The molecule has 0 aliphatic carbocycles. The van der Waals surface area contributed by atoms with Crippen molar-refractivity contribution < 1.29 is 9.84 Å². The highest BCUT2D eigenvalue weighted by molar-refractivity contribution is 6.03. The van der Waals surface area contributed by atoms with Gasteiger partial charge in [0.05, 0.1) is 12.6 Å². The van der Waals surface area contributed by atoms with Gasteiger partial charge >= 0.3 is 0 Å². The Morgan fingerprint density at radius 1 is 1.43 bits per heavy atom. The largest absolute Gasteiger partial charge is 0.491 e. The van der Waals surface area contributed by atoms with E-state index in [-0.39, 0.29) is 0 Å². The third-order valence-corrected chi connectivity index (χ3v) is 3.98. The molecule has 2 aliphatic heterocycles. The first kappa shape index (κ1) is 14.5. The van der Waals surface area contributed by atoms with Crippen LogP contribution in [-0.4, -0.2) is 55.7 Å². The second kappa shape index (κ2) is 7.02. The summed E-state index contributed by atoms with van der Waals surface area (Å²) in [5.74, 6) is 0.869. The van der Waals surface area contributed by atoms with Crippen molar-refractivity contribution in [2.75, 3.05) is 32.8 Å². The maximum Gasteiger partial charge on any atom is 0.128 e. The van der Waals surface area contributed by atoms with Crippen LogP contribution in [0.4, 0.5) is 0 Å². The SMILES string of the molecule is OC(CNC1CCNC1)CC1=NCCOc2ccccc21. The average molecular weight is 289 g/mol.